The molecule has 22 heavy (non-hydrogen) atoms. The fourth-order valence-corrected chi connectivity index (χ4v) is 3.06. The topological polar surface area (TPSA) is 47.3 Å². The number of nitrogens with one attached hydrogen (secondary N) is 1. The first-order valence-electron chi connectivity index (χ1n) is 8.03. The van der Waals surface area contributed by atoms with Gasteiger partial charge in [0.25, 0.3) is 0 Å². The Kier molecular flexibility index (Phi) is 4.48. The highest BCUT2D eigenvalue weighted by Gasteiger charge is 2.21. The maximum Gasteiger partial charge on any atom is 0.191 e. The van der Waals surface area contributed by atoms with Crippen LogP contribution in [0.5, 0.6) is 5.75 Å². The predicted molar refractivity (Wildman–Crippen MR) is 86.2 cm³/mol. The molecule has 1 aromatic heterocycles. The van der Waals surface area contributed by atoms with E-state index in [1.54, 1.807) is 0 Å². The van der Waals surface area contributed by atoms with Gasteiger partial charge in [-0.05, 0) is 44.4 Å². The van der Waals surface area contributed by atoms with E-state index < -0.39 is 0 Å². The van der Waals surface area contributed by atoms with Crippen molar-refractivity contribution in [1.82, 2.24) is 10.3 Å². The van der Waals surface area contributed by atoms with Crippen molar-refractivity contribution in [2.24, 2.45) is 0 Å². The molecule has 4 heteroatoms. The maximum atomic E-state index is 5.81. The quantitative estimate of drug-likeness (QED) is 0.914. The lowest BCUT2D eigenvalue weighted by atomic mass is 10.1. The second-order valence-electron chi connectivity index (χ2n) is 6.10. The van der Waals surface area contributed by atoms with Crippen LogP contribution >= 0.6 is 0 Å². The van der Waals surface area contributed by atoms with Crippen molar-refractivity contribution in [3.63, 3.8) is 0 Å². The molecule has 3 rings (SSSR count). The van der Waals surface area contributed by atoms with Crippen molar-refractivity contribution in [1.29, 1.82) is 0 Å². The average Bonchev–Trinajstić information content (AvgIpc) is 3.06. The van der Waals surface area contributed by atoms with Crippen molar-refractivity contribution >= 4 is 0 Å². The first-order valence-corrected chi connectivity index (χ1v) is 8.03. The summed E-state index contributed by atoms with van der Waals surface area (Å²) in [4.78, 5) is 4.36. The van der Waals surface area contributed by atoms with Gasteiger partial charge in [0.2, 0.25) is 0 Å². The van der Waals surface area contributed by atoms with Gasteiger partial charge in [0.15, 0.2) is 5.89 Å². The Hall–Kier alpha value is -1.81. The number of oxazole rings is 1. The molecule has 0 unspecified atom stereocenters. The lowest BCUT2D eigenvalue weighted by molar-refractivity contribution is 0.319. The van der Waals surface area contributed by atoms with Gasteiger partial charge in [-0.3, -0.25) is 0 Å². The summed E-state index contributed by atoms with van der Waals surface area (Å²) in [5, 5.41) is 3.60. The smallest absolute Gasteiger partial charge is 0.191 e. The monoisotopic (exact) mass is 300 g/mol. The van der Waals surface area contributed by atoms with E-state index in [9.17, 15) is 0 Å². The molecule has 4 nitrogen and oxygen atoms in total. The third-order valence-electron chi connectivity index (χ3n) is 4.26. The van der Waals surface area contributed by atoms with Crippen molar-refractivity contribution in [2.45, 2.75) is 52.1 Å². The molecule has 1 aliphatic rings. The molecule has 1 aliphatic heterocycles. The molecule has 1 N–H and O–H groups in total. The minimum absolute atomic E-state index is 0.491. The molecule has 0 bridgehead atoms. The Bertz CT molecular complexity index is 619. The van der Waals surface area contributed by atoms with Gasteiger partial charge in [-0.15, -0.1) is 0 Å². The molecule has 118 valence electrons. The van der Waals surface area contributed by atoms with E-state index in [0.29, 0.717) is 18.7 Å². The molecular formula is C18H24N2O2. The minimum atomic E-state index is 0.491. The molecule has 0 saturated carbocycles. The number of benzene rings is 1. The zero-order valence-electron chi connectivity index (χ0n) is 13.6. The van der Waals surface area contributed by atoms with Gasteiger partial charge in [0.05, 0.1) is 12.3 Å². The molecule has 1 aromatic carbocycles. The van der Waals surface area contributed by atoms with Crippen molar-refractivity contribution < 1.29 is 9.15 Å². The number of rotatable bonds is 5. The molecule has 0 radical (unpaired) electrons. The Balaban J connectivity index is 1.52. The molecule has 0 aliphatic carbocycles. The molecule has 2 heterocycles. The molecule has 2 atom stereocenters. The van der Waals surface area contributed by atoms with Crippen LogP contribution in [0.4, 0.5) is 0 Å². The van der Waals surface area contributed by atoms with Crippen LogP contribution in [0.2, 0.25) is 0 Å². The van der Waals surface area contributed by atoms with Gasteiger partial charge in [0.1, 0.15) is 11.5 Å². The highest BCUT2D eigenvalue weighted by Crippen LogP contribution is 2.27. The molecular weight excluding hydrogens is 276 g/mol. The second kappa shape index (κ2) is 6.53. The van der Waals surface area contributed by atoms with Gasteiger partial charge in [-0.1, -0.05) is 12.1 Å². The fourth-order valence-electron chi connectivity index (χ4n) is 3.06. The predicted octanol–water partition coefficient (Wildman–Crippen LogP) is 3.73. The van der Waals surface area contributed by atoms with Gasteiger partial charge >= 0.3 is 0 Å². The number of nitrogens with zero attached hydrogens (tertiary/aromatic N) is 1. The first kappa shape index (κ1) is 15.1. The van der Waals surface area contributed by atoms with E-state index in [1.807, 2.05) is 13.8 Å². The van der Waals surface area contributed by atoms with Crippen LogP contribution in [0, 0.1) is 13.8 Å². The SMILES string of the molecule is Cc1nc(CCOc2ccc([C@@H]3CC[C@@H](C)N3)cc2)c(C)o1. The van der Waals surface area contributed by atoms with Crippen LogP contribution in [-0.2, 0) is 6.42 Å². The lowest BCUT2D eigenvalue weighted by Gasteiger charge is -2.13. The minimum Gasteiger partial charge on any atom is -0.493 e. The summed E-state index contributed by atoms with van der Waals surface area (Å²) in [6, 6.07) is 9.55. The summed E-state index contributed by atoms with van der Waals surface area (Å²) in [6.07, 6.45) is 3.23. The molecule has 2 aromatic rings. The Morgan fingerprint density at radius 2 is 2.00 bits per heavy atom. The zero-order chi connectivity index (χ0) is 15.5. The molecule has 1 saturated heterocycles. The molecule has 0 spiro atoms. The van der Waals surface area contributed by atoms with E-state index in [2.05, 4.69) is 41.5 Å². The summed E-state index contributed by atoms with van der Waals surface area (Å²) < 4.78 is 11.2. The van der Waals surface area contributed by atoms with Crippen LogP contribution in [0.25, 0.3) is 0 Å². The van der Waals surface area contributed by atoms with Crippen molar-refractivity contribution in [3.05, 3.63) is 47.2 Å². The number of aryl methyl sites for hydroxylation is 2. The average molecular weight is 300 g/mol. The van der Waals surface area contributed by atoms with E-state index in [0.717, 1.165) is 29.5 Å². The number of hydrogen-bond donors (Lipinski definition) is 1. The maximum absolute atomic E-state index is 5.81. The van der Waals surface area contributed by atoms with Gasteiger partial charge < -0.3 is 14.5 Å². The summed E-state index contributed by atoms with van der Waals surface area (Å²) in [6.45, 7) is 6.67. The van der Waals surface area contributed by atoms with E-state index in [-0.39, 0.29) is 0 Å². The summed E-state index contributed by atoms with van der Waals surface area (Å²) in [5.41, 5.74) is 2.33. The standard InChI is InChI=1S/C18H24N2O2/c1-12-4-9-18(19-12)15-5-7-16(8-6-15)21-11-10-17-13(2)22-14(3)20-17/h5-8,12,18-19H,4,9-11H2,1-3H3/t12-,18+/m1/s1. The highest BCUT2D eigenvalue weighted by atomic mass is 16.5. The van der Waals surface area contributed by atoms with Gasteiger partial charge in [0, 0.05) is 25.4 Å². The summed E-state index contributed by atoms with van der Waals surface area (Å²) >= 11 is 0. The third kappa shape index (κ3) is 3.50. The summed E-state index contributed by atoms with van der Waals surface area (Å²) in [7, 11) is 0. The van der Waals surface area contributed by atoms with Gasteiger partial charge in [-0.2, -0.15) is 0 Å². The number of ether oxygens (including phenoxy) is 1. The first-order chi connectivity index (χ1) is 10.6. The third-order valence-corrected chi connectivity index (χ3v) is 4.26. The number of hydrogen-bond acceptors (Lipinski definition) is 4. The Morgan fingerprint density at radius 1 is 1.23 bits per heavy atom. The highest BCUT2D eigenvalue weighted by molar-refractivity contribution is 5.29. The van der Waals surface area contributed by atoms with Crippen LogP contribution in [-0.4, -0.2) is 17.6 Å². The molecule has 1 fully saturated rings. The summed E-state index contributed by atoms with van der Waals surface area (Å²) in [5.74, 6) is 2.51. The Labute approximate surface area is 131 Å². The largest absolute Gasteiger partial charge is 0.493 e. The lowest BCUT2D eigenvalue weighted by Crippen LogP contribution is -2.20. The van der Waals surface area contributed by atoms with Crippen molar-refractivity contribution in [3.8, 4) is 5.75 Å². The van der Waals surface area contributed by atoms with Crippen LogP contribution < -0.4 is 10.1 Å². The van der Waals surface area contributed by atoms with Crippen LogP contribution in [0.15, 0.2) is 28.7 Å². The second-order valence-corrected chi connectivity index (χ2v) is 6.10. The Morgan fingerprint density at radius 3 is 2.59 bits per heavy atom. The van der Waals surface area contributed by atoms with E-state index in [1.165, 1.54) is 18.4 Å². The van der Waals surface area contributed by atoms with Crippen molar-refractivity contribution in [2.75, 3.05) is 6.61 Å². The van der Waals surface area contributed by atoms with Gasteiger partial charge in [-0.25, -0.2) is 4.98 Å². The zero-order valence-corrected chi connectivity index (χ0v) is 13.6. The number of aromatic nitrogens is 1. The molecule has 0 amide bonds. The van der Waals surface area contributed by atoms with Crippen LogP contribution in [0.3, 0.4) is 0 Å². The van der Waals surface area contributed by atoms with Crippen LogP contribution in [0.1, 0.15) is 48.7 Å². The normalized spacial score (nSPS) is 21.2. The van der Waals surface area contributed by atoms with E-state index in [4.69, 9.17) is 9.15 Å². The van der Waals surface area contributed by atoms with E-state index >= 15 is 0 Å². The fraction of sp³-hybridized carbons (Fsp3) is 0.500.